The number of aliphatic hydroxyl groups is 1. The van der Waals surface area contributed by atoms with Crippen molar-refractivity contribution in [3.8, 4) is 5.75 Å². The summed E-state index contributed by atoms with van der Waals surface area (Å²) in [6.07, 6.45) is 1.56. The lowest BCUT2D eigenvalue weighted by Crippen LogP contribution is -2.01. The van der Waals surface area contributed by atoms with Gasteiger partial charge in [0.25, 0.3) is 0 Å². The molecule has 0 fully saturated rings. The van der Waals surface area contributed by atoms with E-state index < -0.39 is 5.97 Å². The number of rotatable bonds is 5. The molecule has 4 nitrogen and oxygen atoms in total. The minimum absolute atomic E-state index is 0.0474. The van der Waals surface area contributed by atoms with Gasteiger partial charge in [-0.2, -0.15) is 0 Å². The van der Waals surface area contributed by atoms with E-state index in [1.807, 2.05) is 0 Å². The van der Waals surface area contributed by atoms with Gasteiger partial charge in [-0.25, -0.2) is 4.79 Å². The molecule has 1 aromatic rings. The van der Waals surface area contributed by atoms with Crippen molar-refractivity contribution in [2.24, 2.45) is 0 Å². The smallest absolute Gasteiger partial charge is 0.331 e. The van der Waals surface area contributed by atoms with E-state index in [1.165, 1.54) is 6.92 Å². The van der Waals surface area contributed by atoms with Crippen molar-refractivity contribution in [3.05, 3.63) is 35.4 Å². The van der Waals surface area contributed by atoms with Crippen molar-refractivity contribution in [2.45, 2.75) is 6.92 Å². The molecule has 1 aromatic carbocycles. The number of ether oxygens (including phenoxy) is 1. The first kappa shape index (κ1) is 12.3. The zero-order valence-electron chi connectivity index (χ0n) is 9.01. The van der Waals surface area contributed by atoms with E-state index in [-0.39, 0.29) is 18.8 Å². The Balaban J connectivity index is 2.82. The van der Waals surface area contributed by atoms with Gasteiger partial charge in [0.05, 0.1) is 6.61 Å². The third kappa shape index (κ3) is 3.74. The van der Waals surface area contributed by atoms with Gasteiger partial charge in [-0.3, -0.25) is 0 Å². The summed E-state index contributed by atoms with van der Waals surface area (Å²) in [5.74, 6) is -0.331. The second-order valence-corrected chi connectivity index (χ2v) is 3.28. The number of carbonyl (C=O) groups is 1. The normalized spacial score (nSPS) is 11.2. The van der Waals surface area contributed by atoms with Crippen molar-refractivity contribution < 1.29 is 19.7 Å². The standard InChI is InChI=1S/C12H14O4/c1-9(12(14)15)7-10-3-2-4-11(8-10)16-6-5-13/h2-4,7-8,13H,5-6H2,1H3,(H,14,15)/b9-7+. The number of hydrogen-bond acceptors (Lipinski definition) is 3. The molecular formula is C12H14O4. The molecule has 0 aliphatic rings. The second-order valence-electron chi connectivity index (χ2n) is 3.28. The van der Waals surface area contributed by atoms with Crippen molar-refractivity contribution in [1.82, 2.24) is 0 Å². The van der Waals surface area contributed by atoms with Crippen LogP contribution in [-0.2, 0) is 4.79 Å². The molecule has 0 bridgehead atoms. The molecule has 0 heterocycles. The van der Waals surface area contributed by atoms with Crippen molar-refractivity contribution in [1.29, 1.82) is 0 Å². The first-order chi connectivity index (χ1) is 7.63. The summed E-state index contributed by atoms with van der Waals surface area (Å²) in [6, 6.07) is 7.04. The van der Waals surface area contributed by atoms with Crippen LogP contribution in [0.2, 0.25) is 0 Å². The van der Waals surface area contributed by atoms with Crippen molar-refractivity contribution >= 4 is 12.0 Å². The monoisotopic (exact) mass is 222 g/mol. The molecule has 4 heteroatoms. The zero-order chi connectivity index (χ0) is 12.0. The summed E-state index contributed by atoms with van der Waals surface area (Å²) in [5.41, 5.74) is 1.02. The topological polar surface area (TPSA) is 66.8 Å². The largest absolute Gasteiger partial charge is 0.491 e. The first-order valence-corrected chi connectivity index (χ1v) is 4.89. The Hall–Kier alpha value is -1.81. The predicted octanol–water partition coefficient (Wildman–Crippen LogP) is 1.55. The number of aliphatic hydroxyl groups excluding tert-OH is 1. The van der Waals surface area contributed by atoms with Crippen LogP contribution in [0.15, 0.2) is 29.8 Å². The van der Waals surface area contributed by atoms with Crippen LogP contribution in [-0.4, -0.2) is 29.4 Å². The van der Waals surface area contributed by atoms with E-state index in [2.05, 4.69) is 0 Å². The highest BCUT2D eigenvalue weighted by molar-refractivity contribution is 5.91. The van der Waals surface area contributed by atoms with Crippen LogP contribution in [0.4, 0.5) is 0 Å². The fraction of sp³-hybridized carbons (Fsp3) is 0.250. The molecule has 0 aliphatic heterocycles. The van der Waals surface area contributed by atoms with Gasteiger partial charge in [0, 0.05) is 5.57 Å². The quantitative estimate of drug-likeness (QED) is 0.742. The molecule has 1 rings (SSSR count). The molecule has 0 aromatic heterocycles. The maximum atomic E-state index is 10.6. The number of aliphatic carboxylic acids is 1. The lowest BCUT2D eigenvalue weighted by Gasteiger charge is -2.04. The summed E-state index contributed by atoms with van der Waals surface area (Å²) < 4.78 is 5.21. The first-order valence-electron chi connectivity index (χ1n) is 4.89. The Bertz CT molecular complexity index is 396. The number of benzene rings is 1. The van der Waals surface area contributed by atoms with E-state index in [1.54, 1.807) is 30.3 Å². The SMILES string of the molecule is C/C(=C\c1cccc(OCCO)c1)C(=O)O. The fourth-order valence-electron chi connectivity index (χ4n) is 1.17. The summed E-state index contributed by atoms with van der Waals surface area (Å²) in [6.45, 7) is 1.71. The molecule has 0 unspecified atom stereocenters. The van der Waals surface area contributed by atoms with Crippen LogP contribution in [0, 0.1) is 0 Å². The van der Waals surface area contributed by atoms with Gasteiger partial charge in [0.1, 0.15) is 12.4 Å². The average Bonchev–Trinajstić information content (AvgIpc) is 2.26. The summed E-state index contributed by atoms with van der Waals surface area (Å²) >= 11 is 0. The van der Waals surface area contributed by atoms with Crippen molar-refractivity contribution in [2.75, 3.05) is 13.2 Å². The lowest BCUT2D eigenvalue weighted by molar-refractivity contribution is -0.132. The molecule has 0 spiro atoms. The van der Waals surface area contributed by atoms with E-state index in [9.17, 15) is 4.79 Å². The molecule has 16 heavy (non-hydrogen) atoms. The zero-order valence-corrected chi connectivity index (χ0v) is 9.01. The maximum absolute atomic E-state index is 10.6. The number of hydrogen-bond donors (Lipinski definition) is 2. The third-order valence-corrected chi connectivity index (χ3v) is 1.94. The Labute approximate surface area is 93.8 Å². The van der Waals surface area contributed by atoms with Gasteiger partial charge in [-0.1, -0.05) is 12.1 Å². The van der Waals surface area contributed by atoms with Crippen LogP contribution >= 0.6 is 0 Å². The highest BCUT2D eigenvalue weighted by Crippen LogP contribution is 2.15. The van der Waals surface area contributed by atoms with Gasteiger partial charge in [-0.15, -0.1) is 0 Å². The van der Waals surface area contributed by atoms with Crippen LogP contribution in [0.25, 0.3) is 6.08 Å². The summed E-state index contributed by atoms with van der Waals surface area (Å²) in [5, 5.41) is 17.3. The molecular weight excluding hydrogens is 208 g/mol. The van der Waals surface area contributed by atoms with Gasteiger partial charge in [0.2, 0.25) is 0 Å². The Morgan fingerprint density at radius 1 is 1.50 bits per heavy atom. The van der Waals surface area contributed by atoms with E-state index in [0.29, 0.717) is 5.75 Å². The Kier molecular flexibility index (Phi) is 4.54. The van der Waals surface area contributed by atoms with Crippen LogP contribution in [0.5, 0.6) is 5.75 Å². The summed E-state index contributed by atoms with van der Waals surface area (Å²) in [7, 11) is 0. The van der Waals surface area contributed by atoms with E-state index >= 15 is 0 Å². The van der Waals surface area contributed by atoms with Crippen molar-refractivity contribution in [3.63, 3.8) is 0 Å². The number of carboxylic acid groups (broad SMARTS) is 1. The molecule has 0 saturated heterocycles. The Morgan fingerprint density at radius 3 is 2.88 bits per heavy atom. The van der Waals surface area contributed by atoms with Gasteiger partial charge >= 0.3 is 5.97 Å². The third-order valence-electron chi connectivity index (χ3n) is 1.94. The molecule has 2 N–H and O–H groups in total. The molecule has 0 amide bonds. The van der Waals surface area contributed by atoms with E-state index in [4.69, 9.17) is 14.9 Å². The molecule has 86 valence electrons. The second kappa shape index (κ2) is 5.92. The van der Waals surface area contributed by atoms with Crippen LogP contribution in [0.3, 0.4) is 0 Å². The highest BCUT2D eigenvalue weighted by atomic mass is 16.5. The van der Waals surface area contributed by atoms with Crippen LogP contribution < -0.4 is 4.74 Å². The fourth-order valence-corrected chi connectivity index (χ4v) is 1.17. The van der Waals surface area contributed by atoms with Crippen LogP contribution in [0.1, 0.15) is 12.5 Å². The van der Waals surface area contributed by atoms with Gasteiger partial charge < -0.3 is 14.9 Å². The minimum atomic E-state index is -0.943. The van der Waals surface area contributed by atoms with Gasteiger partial charge in [-0.05, 0) is 30.7 Å². The highest BCUT2D eigenvalue weighted by Gasteiger charge is 2.00. The maximum Gasteiger partial charge on any atom is 0.331 e. The molecule has 0 saturated carbocycles. The molecule has 0 radical (unpaired) electrons. The van der Waals surface area contributed by atoms with Gasteiger partial charge in [0.15, 0.2) is 0 Å². The summed E-state index contributed by atoms with van der Waals surface area (Å²) in [4.78, 5) is 10.6. The predicted molar refractivity (Wildman–Crippen MR) is 60.3 cm³/mol. The Morgan fingerprint density at radius 2 is 2.25 bits per heavy atom. The number of carboxylic acids is 1. The minimum Gasteiger partial charge on any atom is -0.491 e. The lowest BCUT2D eigenvalue weighted by atomic mass is 10.1. The molecule has 0 aliphatic carbocycles. The average molecular weight is 222 g/mol. The van der Waals surface area contributed by atoms with E-state index in [0.717, 1.165) is 5.56 Å². The molecule has 0 atom stereocenters.